The Hall–Kier alpha value is -2.68. The van der Waals surface area contributed by atoms with Crippen LogP contribution in [-0.4, -0.2) is 29.1 Å². The number of aromatic nitrogens is 1. The largest absolute Gasteiger partial charge is 0.316 e. The van der Waals surface area contributed by atoms with Crippen LogP contribution in [0.2, 0.25) is 0 Å². The van der Waals surface area contributed by atoms with Gasteiger partial charge in [0.05, 0.1) is 0 Å². The molecule has 1 aromatic carbocycles. The number of pyridine rings is 1. The highest BCUT2D eigenvalue weighted by Gasteiger charge is 2.58. The molecule has 2 aliphatic rings. The minimum Gasteiger partial charge on any atom is -0.316 e. The molecule has 1 saturated heterocycles. The molecule has 2 atom stereocenters. The third-order valence-corrected chi connectivity index (χ3v) is 5.30. The van der Waals surface area contributed by atoms with Gasteiger partial charge in [-0.25, -0.2) is 0 Å². The van der Waals surface area contributed by atoms with Gasteiger partial charge in [0.1, 0.15) is 11.8 Å². The summed E-state index contributed by atoms with van der Waals surface area (Å²) in [6.07, 6.45) is 5.19. The number of nitrogens with one attached hydrogen (secondary N) is 1. The first-order valence-electron chi connectivity index (χ1n) is 8.85. The molecule has 1 aromatic heterocycles. The zero-order valence-corrected chi connectivity index (χ0v) is 15.0. The summed E-state index contributed by atoms with van der Waals surface area (Å²) in [5.74, 6) is 6.28. The van der Waals surface area contributed by atoms with Crippen molar-refractivity contribution in [2.45, 2.75) is 31.6 Å². The fraction of sp³-hybridized carbons (Fsp3) is 0.333. The van der Waals surface area contributed by atoms with E-state index in [0.717, 1.165) is 35.1 Å². The maximum absolute atomic E-state index is 13.1. The van der Waals surface area contributed by atoms with Crippen LogP contribution in [0.1, 0.15) is 30.9 Å². The number of rotatable bonds is 3. The third kappa shape index (κ3) is 2.59. The summed E-state index contributed by atoms with van der Waals surface area (Å²) in [4.78, 5) is 19.0. The standard InChI is InChI=1S/C21H22N4O/c1-3-5-14-10-16(13-23-12-14)15-6-4-7-18(11-15)21(17-8-9-17)19(26)25(2)20(22)24-21/h4,6-7,10-13,17,20,24H,8-9,22H2,1-2H3/t20?,21-/m1/s1. The van der Waals surface area contributed by atoms with Crippen LogP contribution in [0.5, 0.6) is 0 Å². The highest BCUT2D eigenvalue weighted by molar-refractivity contribution is 5.91. The Bertz CT molecular complexity index is 925. The van der Waals surface area contributed by atoms with E-state index in [1.807, 2.05) is 37.4 Å². The van der Waals surface area contributed by atoms with E-state index in [0.29, 0.717) is 0 Å². The van der Waals surface area contributed by atoms with Crippen molar-refractivity contribution in [3.05, 3.63) is 53.9 Å². The molecule has 1 saturated carbocycles. The Morgan fingerprint density at radius 1 is 1.27 bits per heavy atom. The van der Waals surface area contributed by atoms with Gasteiger partial charge >= 0.3 is 0 Å². The van der Waals surface area contributed by atoms with Gasteiger partial charge in [-0.15, -0.1) is 5.92 Å². The zero-order chi connectivity index (χ0) is 18.3. The molecule has 3 N–H and O–H groups in total. The summed E-state index contributed by atoms with van der Waals surface area (Å²) in [6.45, 7) is 1.81. The molecule has 1 aliphatic heterocycles. The SMILES string of the molecule is CC#Cc1cncc(-c2cccc([C@@]3(C4CC4)NC(N)N(C)C3=O)c2)c1. The van der Waals surface area contributed by atoms with Gasteiger partial charge < -0.3 is 4.90 Å². The van der Waals surface area contributed by atoms with Crippen LogP contribution in [0, 0.1) is 17.8 Å². The number of nitrogens with zero attached hydrogens (tertiary/aromatic N) is 2. The maximum Gasteiger partial charge on any atom is 0.249 e. The van der Waals surface area contributed by atoms with Crippen LogP contribution < -0.4 is 11.1 Å². The number of hydrogen-bond donors (Lipinski definition) is 2. The Labute approximate surface area is 153 Å². The highest BCUT2D eigenvalue weighted by Crippen LogP contribution is 2.49. The topological polar surface area (TPSA) is 71.2 Å². The van der Waals surface area contributed by atoms with Gasteiger partial charge in [0.15, 0.2) is 0 Å². The molecule has 0 radical (unpaired) electrons. The van der Waals surface area contributed by atoms with Gasteiger partial charge in [-0.2, -0.15) is 0 Å². The molecule has 4 rings (SSSR count). The molecule has 26 heavy (non-hydrogen) atoms. The van der Waals surface area contributed by atoms with Crippen LogP contribution in [0.25, 0.3) is 11.1 Å². The summed E-state index contributed by atoms with van der Waals surface area (Å²) in [7, 11) is 1.75. The van der Waals surface area contributed by atoms with E-state index in [4.69, 9.17) is 5.73 Å². The lowest BCUT2D eigenvalue weighted by molar-refractivity contribution is -0.133. The molecule has 132 valence electrons. The second kappa shape index (κ2) is 6.24. The number of hydrogen-bond acceptors (Lipinski definition) is 4. The summed E-state index contributed by atoms with van der Waals surface area (Å²) in [5, 5.41) is 3.37. The molecule has 1 amide bonds. The molecule has 1 unspecified atom stereocenters. The highest BCUT2D eigenvalue weighted by atomic mass is 16.2. The fourth-order valence-corrected chi connectivity index (χ4v) is 3.80. The number of likely N-dealkylation sites (N-methyl/N-ethyl adjacent to an activating group) is 1. The normalized spacial score (nSPS) is 25.1. The van der Waals surface area contributed by atoms with E-state index >= 15 is 0 Å². The van der Waals surface area contributed by atoms with E-state index in [-0.39, 0.29) is 11.8 Å². The van der Waals surface area contributed by atoms with Crippen molar-refractivity contribution in [1.82, 2.24) is 15.2 Å². The van der Waals surface area contributed by atoms with E-state index < -0.39 is 11.8 Å². The van der Waals surface area contributed by atoms with Gasteiger partial charge in [0.2, 0.25) is 5.91 Å². The monoisotopic (exact) mass is 346 g/mol. The Morgan fingerprint density at radius 3 is 2.73 bits per heavy atom. The van der Waals surface area contributed by atoms with Crippen molar-refractivity contribution in [1.29, 1.82) is 0 Å². The number of carbonyl (C=O) groups excluding carboxylic acids is 1. The van der Waals surface area contributed by atoms with Crippen LogP contribution in [0.15, 0.2) is 42.7 Å². The maximum atomic E-state index is 13.1. The van der Waals surface area contributed by atoms with Crippen molar-refractivity contribution >= 4 is 5.91 Å². The van der Waals surface area contributed by atoms with Crippen LogP contribution in [-0.2, 0) is 10.3 Å². The van der Waals surface area contributed by atoms with Gasteiger partial charge in [-0.3, -0.25) is 20.8 Å². The predicted molar refractivity (Wildman–Crippen MR) is 101 cm³/mol. The molecule has 0 bridgehead atoms. The molecular formula is C21H22N4O. The Kier molecular flexibility index (Phi) is 4.03. The van der Waals surface area contributed by atoms with Gasteiger partial charge in [0.25, 0.3) is 0 Å². The third-order valence-electron chi connectivity index (χ3n) is 5.30. The smallest absolute Gasteiger partial charge is 0.249 e. The Morgan fingerprint density at radius 2 is 2.08 bits per heavy atom. The van der Waals surface area contributed by atoms with E-state index in [1.165, 1.54) is 0 Å². The molecule has 5 heteroatoms. The molecule has 0 spiro atoms. The first-order valence-corrected chi connectivity index (χ1v) is 8.85. The number of carbonyl (C=O) groups is 1. The molecular weight excluding hydrogens is 324 g/mol. The van der Waals surface area contributed by atoms with Crippen molar-refractivity contribution in [3.8, 4) is 23.0 Å². The van der Waals surface area contributed by atoms with Crippen LogP contribution >= 0.6 is 0 Å². The lowest BCUT2D eigenvalue weighted by Crippen LogP contribution is -2.48. The van der Waals surface area contributed by atoms with E-state index in [9.17, 15) is 4.79 Å². The van der Waals surface area contributed by atoms with Gasteiger partial charge in [0, 0.05) is 30.6 Å². The minimum absolute atomic E-state index is 0.0494. The lowest BCUT2D eigenvalue weighted by Gasteiger charge is -2.28. The lowest BCUT2D eigenvalue weighted by atomic mass is 9.83. The summed E-state index contributed by atoms with van der Waals surface area (Å²) >= 11 is 0. The van der Waals surface area contributed by atoms with Gasteiger partial charge in [-0.05, 0) is 48.9 Å². The first kappa shape index (κ1) is 16.8. The van der Waals surface area contributed by atoms with Crippen molar-refractivity contribution in [2.75, 3.05) is 7.05 Å². The Balaban J connectivity index is 1.79. The summed E-state index contributed by atoms with van der Waals surface area (Å²) in [6, 6.07) is 10.1. The van der Waals surface area contributed by atoms with E-state index in [2.05, 4.69) is 28.2 Å². The van der Waals surface area contributed by atoms with Crippen molar-refractivity contribution in [2.24, 2.45) is 11.7 Å². The number of nitrogens with two attached hydrogens (primary N) is 1. The van der Waals surface area contributed by atoms with Crippen molar-refractivity contribution < 1.29 is 4.79 Å². The quantitative estimate of drug-likeness (QED) is 0.834. The number of amides is 1. The molecule has 2 fully saturated rings. The predicted octanol–water partition coefficient (Wildman–Crippen LogP) is 2.03. The van der Waals surface area contributed by atoms with Crippen LogP contribution in [0.3, 0.4) is 0 Å². The minimum atomic E-state index is -0.724. The number of benzene rings is 1. The van der Waals surface area contributed by atoms with Crippen molar-refractivity contribution in [3.63, 3.8) is 0 Å². The van der Waals surface area contributed by atoms with E-state index in [1.54, 1.807) is 18.1 Å². The van der Waals surface area contributed by atoms with Gasteiger partial charge in [-0.1, -0.05) is 24.1 Å². The fourth-order valence-electron chi connectivity index (χ4n) is 3.80. The molecule has 5 nitrogen and oxygen atoms in total. The second-order valence-corrected chi connectivity index (χ2v) is 7.01. The van der Waals surface area contributed by atoms with Crippen LogP contribution in [0.4, 0.5) is 0 Å². The molecule has 2 aromatic rings. The summed E-state index contributed by atoms with van der Waals surface area (Å²) < 4.78 is 0. The second-order valence-electron chi connectivity index (χ2n) is 7.01. The summed E-state index contributed by atoms with van der Waals surface area (Å²) in [5.41, 5.74) is 9.25. The molecule has 1 aliphatic carbocycles. The first-order chi connectivity index (χ1) is 12.6. The molecule has 2 heterocycles. The average molecular weight is 346 g/mol. The zero-order valence-electron chi connectivity index (χ0n) is 15.0. The average Bonchev–Trinajstić information content (AvgIpc) is 3.48.